The number of carbonyl (C=O) groups is 1. The van der Waals surface area contributed by atoms with E-state index < -0.39 is 0 Å². The van der Waals surface area contributed by atoms with Crippen LogP contribution in [0.15, 0.2) is 18.5 Å². The minimum atomic E-state index is 0.205. The molecule has 0 aromatic carbocycles. The first-order valence-corrected chi connectivity index (χ1v) is 6.52. The van der Waals surface area contributed by atoms with Crippen LogP contribution in [-0.4, -0.2) is 10.8 Å². The van der Waals surface area contributed by atoms with Gasteiger partial charge in [0.25, 0.3) is 0 Å². The molecule has 1 aromatic rings. The first kappa shape index (κ1) is 12.3. The Kier molecular flexibility index (Phi) is 3.60. The van der Waals surface area contributed by atoms with Gasteiger partial charge in [-0.2, -0.15) is 0 Å². The van der Waals surface area contributed by atoms with Gasteiger partial charge in [-0.15, -0.1) is 0 Å². The lowest BCUT2D eigenvalue weighted by Crippen LogP contribution is -2.26. The predicted octanol–water partition coefficient (Wildman–Crippen LogP) is 3.65. The molecule has 1 aromatic heterocycles. The van der Waals surface area contributed by atoms with Crippen molar-refractivity contribution in [3.63, 3.8) is 0 Å². The third-order valence-electron chi connectivity index (χ3n) is 3.85. The average Bonchev–Trinajstić information content (AvgIpc) is 2.27. The molecule has 1 fully saturated rings. The van der Waals surface area contributed by atoms with Crippen molar-refractivity contribution in [2.75, 3.05) is 0 Å². The molecule has 0 saturated heterocycles. The minimum absolute atomic E-state index is 0.205. The van der Waals surface area contributed by atoms with E-state index in [4.69, 9.17) is 0 Å². The van der Waals surface area contributed by atoms with Crippen molar-refractivity contribution in [3.8, 4) is 0 Å². The summed E-state index contributed by atoms with van der Waals surface area (Å²) in [5.41, 5.74) is 1.87. The van der Waals surface area contributed by atoms with Gasteiger partial charge in [0, 0.05) is 23.9 Å². The van der Waals surface area contributed by atoms with E-state index in [0.29, 0.717) is 17.6 Å². The zero-order chi connectivity index (χ0) is 12.4. The summed E-state index contributed by atoms with van der Waals surface area (Å²) in [6, 6.07) is 1.92. The molecule has 0 N–H and O–H groups in total. The number of ketones is 1. The van der Waals surface area contributed by atoms with E-state index in [1.54, 1.807) is 12.4 Å². The number of pyridine rings is 1. The lowest BCUT2D eigenvalue weighted by Gasteiger charge is -2.30. The predicted molar refractivity (Wildman–Crippen MR) is 69.0 cm³/mol. The molecular formula is C15H21NO. The highest BCUT2D eigenvalue weighted by atomic mass is 16.1. The summed E-state index contributed by atoms with van der Waals surface area (Å²) in [6.07, 6.45) is 6.81. The molecule has 1 saturated carbocycles. The molecule has 2 atom stereocenters. The van der Waals surface area contributed by atoms with E-state index in [-0.39, 0.29) is 5.92 Å². The van der Waals surface area contributed by atoms with Crippen molar-refractivity contribution in [2.24, 2.45) is 17.8 Å². The van der Waals surface area contributed by atoms with Crippen LogP contribution in [0, 0.1) is 24.7 Å². The second-order valence-corrected chi connectivity index (χ2v) is 5.67. The van der Waals surface area contributed by atoms with Gasteiger partial charge < -0.3 is 0 Å². The standard InChI is InChI=1S/C15H21NO/c1-10-6-11(2)8-13(7-10)15(17)14-9-16-5-4-12(14)3/h4-5,9-11,13H,6-8H2,1-3H3. The van der Waals surface area contributed by atoms with E-state index in [9.17, 15) is 4.79 Å². The Morgan fingerprint density at radius 1 is 1.24 bits per heavy atom. The van der Waals surface area contributed by atoms with Crippen LogP contribution in [0.5, 0.6) is 0 Å². The average molecular weight is 231 g/mol. The highest BCUT2D eigenvalue weighted by Crippen LogP contribution is 2.34. The Bertz CT molecular complexity index is 403. The zero-order valence-corrected chi connectivity index (χ0v) is 10.9. The van der Waals surface area contributed by atoms with Crippen molar-refractivity contribution in [3.05, 3.63) is 29.6 Å². The smallest absolute Gasteiger partial charge is 0.167 e. The summed E-state index contributed by atoms with van der Waals surface area (Å²) in [6.45, 7) is 6.50. The molecule has 2 heteroatoms. The molecule has 0 bridgehead atoms. The van der Waals surface area contributed by atoms with E-state index in [1.807, 2.05) is 13.0 Å². The summed E-state index contributed by atoms with van der Waals surface area (Å²) < 4.78 is 0. The highest BCUT2D eigenvalue weighted by molar-refractivity contribution is 5.98. The van der Waals surface area contributed by atoms with Crippen molar-refractivity contribution in [2.45, 2.75) is 40.0 Å². The van der Waals surface area contributed by atoms with E-state index >= 15 is 0 Å². The molecule has 0 aliphatic heterocycles. The van der Waals surface area contributed by atoms with Crippen LogP contribution in [0.2, 0.25) is 0 Å². The third kappa shape index (κ3) is 2.74. The Balaban J connectivity index is 2.17. The molecule has 0 spiro atoms. The maximum atomic E-state index is 12.5. The lowest BCUT2D eigenvalue weighted by atomic mass is 9.74. The molecule has 2 unspecified atom stereocenters. The Hall–Kier alpha value is -1.18. The summed E-state index contributed by atoms with van der Waals surface area (Å²) in [5.74, 6) is 1.85. The highest BCUT2D eigenvalue weighted by Gasteiger charge is 2.30. The van der Waals surface area contributed by atoms with E-state index in [2.05, 4.69) is 18.8 Å². The second-order valence-electron chi connectivity index (χ2n) is 5.67. The fourth-order valence-electron chi connectivity index (χ4n) is 3.10. The van der Waals surface area contributed by atoms with Crippen LogP contribution in [0.25, 0.3) is 0 Å². The van der Waals surface area contributed by atoms with Crippen LogP contribution >= 0.6 is 0 Å². The molecule has 0 radical (unpaired) electrons. The van der Waals surface area contributed by atoms with Gasteiger partial charge >= 0.3 is 0 Å². The van der Waals surface area contributed by atoms with Gasteiger partial charge in [0.2, 0.25) is 0 Å². The Morgan fingerprint density at radius 3 is 2.47 bits per heavy atom. The molecule has 17 heavy (non-hydrogen) atoms. The Labute approximate surface area is 103 Å². The number of Topliss-reactive ketones (excluding diaryl/α,β-unsaturated/α-hetero) is 1. The summed E-state index contributed by atoms with van der Waals surface area (Å²) in [5, 5.41) is 0. The number of aryl methyl sites for hydroxylation is 1. The number of carbonyl (C=O) groups excluding carboxylic acids is 1. The molecule has 2 rings (SSSR count). The normalized spacial score (nSPS) is 29.0. The van der Waals surface area contributed by atoms with Crippen LogP contribution < -0.4 is 0 Å². The van der Waals surface area contributed by atoms with E-state index in [1.165, 1.54) is 6.42 Å². The topological polar surface area (TPSA) is 30.0 Å². The number of nitrogens with zero attached hydrogens (tertiary/aromatic N) is 1. The molecule has 0 amide bonds. The fourth-order valence-corrected chi connectivity index (χ4v) is 3.10. The number of hydrogen-bond donors (Lipinski definition) is 0. The fraction of sp³-hybridized carbons (Fsp3) is 0.600. The van der Waals surface area contributed by atoms with E-state index in [0.717, 1.165) is 24.0 Å². The Morgan fingerprint density at radius 2 is 1.88 bits per heavy atom. The molecule has 1 aliphatic carbocycles. The molecular weight excluding hydrogens is 210 g/mol. The quantitative estimate of drug-likeness (QED) is 0.727. The van der Waals surface area contributed by atoms with Gasteiger partial charge in [-0.25, -0.2) is 0 Å². The van der Waals surface area contributed by atoms with Crippen molar-refractivity contribution in [1.29, 1.82) is 0 Å². The van der Waals surface area contributed by atoms with Gasteiger partial charge in [-0.3, -0.25) is 9.78 Å². The van der Waals surface area contributed by atoms with Gasteiger partial charge in [0.15, 0.2) is 5.78 Å². The largest absolute Gasteiger partial charge is 0.294 e. The SMILES string of the molecule is Cc1ccncc1C(=O)C1CC(C)CC(C)C1. The van der Waals surface area contributed by atoms with Crippen LogP contribution in [0.1, 0.15) is 49.0 Å². The van der Waals surface area contributed by atoms with Gasteiger partial charge in [-0.05, 0) is 49.7 Å². The molecule has 2 nitrogen and oxygen atoms in total. The number of hydrogen-bond acceptors (Lipinski definition) is 2. The monoisotopic (exact) mass is 231 g/mol. The van der Waals surface area contributed by atoms with Gasteiger partial charge in [0.1, 0.15) is 0 Å². The second kappa shape index (κ2) is 4.99. The minimum Gasteiger partial charge on any atom is -0.294 e. The maximum Gasteiger partial charge on any atom is 0.167 e. The number of rotatable bonds is 2. The van der Waals surface area contributed by atoms with Crippen molar-refractivity contribution >= 4 is 5.78 Å². The molecule has 1 aliphatic rings. The van der Waals surface area contributed by atoms with Crippen LogP contribution in [0.4, 0.5) is 0 Å². The number of aromatic nitrogens is 1. The van der Waals surface area contributed by atoms with Crippen molar-refractivity contribution in [1.82, 2.24) is 4.98 Å². The molecule has 92 valence electrons. The lowest BCUT2D eigenvalue weighted by molar-refractivity contribution is 0.0835. The maximum absolute atomic E-state index is 12.5. The summed E-state index contributed by atoms with van der Waals surface area (Å²) in [7, 11) is 0. The van der Waals surface area contributed by atoms with Gasteiger partial charge in [0.05, 0.1) is 0 Å². The van der Waals surface area contributed by atoms with Gasteiger partial charge in [-0.1, -0.05) is 13.8 Å². The summed E-state index contributed by atoms with van der Waals surface area (Å²) in [4.78, 5) is 16.6. The van der Waals surface area contributed by atoms with Crippen LogP contribution in [-0.2, 0) is 0 Å². The van der Waals surface area contributed by atoms with Crippen molar-refractivity contribution < 1.29 is 4.79 Å². The zero-order valence-electron chi connectivity index (χ0n) is 10.9. The van der Waals surface area contributed by atoms with Crippen LogP contribution in [0.3, 0.4) is 0 Å². The first-order chi connectivity index (χ1) is 8.08. The first-order valence-electron chi connectivity index (χ1n) is 6.52. The third-order valence-corrected chi connectivity index (χ3v) is 3.85. The molecule has 1 heterocycles. The summed E-state index contributed by atoms with van der Waals surface area (Å²) >= 11 is 0.